The van der Waals surface area contributed by atoms with Gasteiger partial charge in [0.2, 0.25) is 0 Å². The SMILES string of the molecule is Cc1cccc(OCC(=O)N/N=C/c2cc(N=Nc3cccc(Br)c3)ccc2O)c1C. The van der Waals surface area contributed by atoms with Crippen molar-refractivity contribution in [2.45, 2.75) is 13.8 Å². The van der Waals surface area contributed by atoms with Gasteiger partial charge in [0.15, 0.2) is 6.61 Å². The Morgan fingerprint density at radius 1 is 1.06 bits per heavy atom. The van der Waals surface area contributed by atoms with E-state index in [-0.39, 0.29) is 12.4 Å². The molecule has 0 aliphatic carbocycles. The monoisotopic (exact) mass is 480 g/mol. The van der Waals surface area contributed by atoms with Gasteiger partial charge < -0.3 is 9.84 Å². The predicted molar refractivity (Wildman–Crippen MR) is 124 cm³/mol. The van der Waals surface area contributed by atoms with E-state index >= 15 is 0 Å². The minimum absolute atomic E-state index is 0.00559. The van der Waals surface area contributed by atoms with E-state index < -0.39 is 5.91 Å². The van der Waals surface area contributed by atoms with Crippen LogP contribution in [0.25, 0.3) is 0 Å². The van der Waals surface area contributed by atoms with E-state index in [2.05, 4.69) is 36.7 Å². The molecule has 0 aromatic heterocycles. The van der Waals surface area contributed by atoms with Crippen LogP contribution in [0, 0.1) is 13.8 Å². The number of aryl methyl sites for hydroxylation is 1. The van der Waals surface area contributed by atoms with Crippen molar-refractivity contribution in [2.24, 2.45) is 15.3 Å². The van der Waals surface area contributed by atoms with Crippen molar-refractivity contribution in [3.05, 3.63) is 81.8 Å². The molecule has 2 N–H and O–H groups in total. The average Bonchev–Trinajstić information content (AvgIpc) is 2.75. The summed E-state index contributed by atoms with van der Waals surface area (Å²) in [5, 5.41) is 22.2. The lowest BCUT2D eigenvalue weighted by Gasteiger charge is -2.09. The smallest absolute Gasteiger partial charge is 0.277 e. The first-order valence-electron chi connectivity index (χ1n) is 9.43. The number of phenols is 1. The van der Waals surface area contributed by atoms with Gasteiger partial charge in [-0.2, -0.15) is 15.3 Å². The Hall–Kier alpha value is -3.52. The number of rotatable bonds is 7. The maximum atomic E-state index is 12.0. The van der Waals surface area contributed by atoms with Crippen molar-refractivity contribution in [2.75, 3.05) is 6.61 Å². The van der Waals surface area contributed by atoms with Crippen LogP contribution >= 0.6 is 15.9 Å². The molecular weight excluding hydrogens is 460 g/mol. The van der Waals surface area contributed by atoms with E-state index in [9.17, 15) is 9.90 Å². The number of azo groups is 1. The molecule has 0 heterocycles. The van der Waals surface area contributed by atoms with Gasteiger partial charge >= 0.3 is 0 Å². The summed E-state index contributed by atoms with van der Waals surface area (Å²) in [4.78, 5) is 12.0. The molecule has 0 saturated carbocycles. The molecule has 7 nitrogen and oxygen atoms in total. The molecule has 1 amide bonds. The fraction of sp³-hybridized carbons (Fsp3) is 0.130. The van der Waals surface area contributed by atoms with Crippen molar-refractivity contribution < 1.29 is 14.6 Å². The Balaban J connectivity index is 1.59. The number of hydrogen-bond acceptors (Lipinski definition) is 6. The van der Waals surface area contributed by atoms with Crippen molar-refractivity contribution in [1.82, 2.24) is 5.43 Å². The van der Waals surface area contributed by atoms with E-state index in [4.69, 9.17) is 4.74 Å². The molecule has 3 aromatic carbocycles. The maximum Gasteiger partial charge on any atom is 0.277 e. The summed E-state index contributed by atoms with van der Waals surface area (Å²) in [7, 11) is 0. The molecule has 0 fully saturated rings. The maximum absolute atomic E-state index is 12.0. The van der Waals surface area contributed by atoms with Crippen molar-refractivity contribution in [1.29, 1.82) is 0 Å². The molecule has 0 aliphatic heterocycles. The first kappa shape index (κ1) is 22.2. The van der Waals surface area contributed by atoms with Crippen LogP contribution in [0.1, 0.15) is 16.7 Å². The van der Waals surface area contributed by atoms with E-state index in [0.717, 1.165) is 15.6 Å². The Kier molecular flexibility index (Phi) is 7.50. The molecule has 0 aliphatic rings. The molecule has 31 heavy (non-hydrogen) atoms. The van der Waals surface area contributed by atoms with Crippen LogP contribution in [0.5, 0.6) is 11.5 Å². The van der Waals surface area contributed by atoms with Gasteiger partial charge in [-0.25, -0.2) is 5.43 Å². The fourth-order valence-corrected chi connectivity index (χ4v) is 2.98. The number of ether oxygens (including phenoxy) is 1. The lowest BCUT2D eigenvalue weighted by atomic mass is 10.1. The summed E-state index contributed by atoms with van der Waals surface area (Å²) in [6, 6.07) is 17.8. The number of hydrazone groups is 1. The zero-order chi connectivity index (χ0) is 22.2. The molecule has 158 valence electrons. The molecule has 0 atom stereocenters. The number of nitrogens with zero attached hydrogens (tertiary/aromatic N) is 3. The van der Waals surface area contributed by atoms with Crippen LogP contribution in [0.2, 0.25) is 0 Å². The number of halogens is 1. The third kappa shape index (κ3) is 6.48. The van der Waals surface area contributed by atoms with Gasteiger partial charge in [-0.15, -0.1) is 0 Å². The van der Waals surface area contributed by atoms with Crippen LogP contribution < -0.4 is 10.2 Å². The minimum Gasteiger partial charge on any atom is -0.507 e. The Morgan fingerprint density at radius 3 is 2.58 bits per heavy atom. The molecular formula is C23H21BrN4O3. The van der Waals surface area contributed by atoms with E-state index in [1.807, 2.05) is 56.3 Å². The van der Waals surface area contributed by atoms with Crippen LogP contribution in [-0.2, 0) is 4.79 Å². The summed E-state index contributed by atoms with van der Waals surface area (Å²) in [6.45, 7) is 3.74. The number of nitrogens with one attached hydrogen (secondary N) is 1. The summed E-state index contributed by atoms with van der Waals surface area (Å²) < 4.78 is 6.44. The van der Waals surface area contributed by atoms with Crippen molar-refractivity contribution >= 4 is 39.4 Å². The number of benzene rings is 3. The number of aromatic hydroxyl groups is 1. The zero-order valence-corrected chi connectivity index (χ0v) is 18.6. The second-order valence-corrected chi connectivity index (χ2v) is 7.62. The molecule has 0 bridgehead atoms. The zero-order valence-electron chi connectivity index (χ0n) is 17.0. The normalized spacial score (nSPS) is 11.2. The van der Waals surface area contributed by atoms with Crippen LogP contribution in [0.15, 0.2) is 80.5 Å². The van der Waals surface area contributed by atoms with E-state index in [0.29, 0.717) is 22.7 Å². The molecule has 0 spiro atoms. The Bertz CT molecular complexity index is 1150. The Labute approximate surface area is 188 Å². The van der Waals surface area contributed by atoms with Crippen molar-refractivity contribution in [3.8, 4) is 11.5 Å². The summed E-state index contributed by atoms with van der Waals surface area (Å²) in [5.74, 6) is 0.244. The average molecular weight is 481 g/mol. The van der Waals surface area contributed by atoms with Gasteiger partial charge in [0.1, 0.15) is 11.5 Å². The first-order valence-corrected chi connectivity index (χ1v) is 10.2. The molecule has 0 radical (unpaired) electrons. The highest BCUT2D eigenvalue weighted by molar-refractivity contribution is 9.10. The fourth-order valence-electron chi connectivity index (χ4n) is 2.59. The second kappa shape index (κ2) is 10.5. The number of hydrogen-bond donors (Lipinski definition) is 2. The summed E-state index contributed by atoms with van der Waals surface area (Å²) in [5.41, 5.74) is 6.06. The highest BCUT2D eigenvalue weighted by Gasteiger charge is 2.06. The number of carbonyl (C=O) groups is 1. The molecule has 0 saturated heterocycles. The van der Waals surface area contributed by atoms with E-state index in [1.165, 1.54) is 12.3 Å². The quantitative estimate of drug-likeness (QED) is 0.257. The molecule has 8 heteroatoms. The topological polar surface area (TPSA) is 95.6 Å². The van der Waals surface area contributed by atoms with Crippen LogP contribution in [0.4, 0.5) is 11.4 Å². The molecule has 3 aromatic rings. The van der Waals surface area contributed by atoms with Gasteiger partial charge in [0.25, 0.3) is 5.91 Å². The van der Waals surface area contributed by atoms with Crippen LogP contribution in [-0.4, -0.2) is 23.8 Å². The number of amides is 1. The van der Waals surface area contributed by atoms with E-state index in [1.54, 1.807) is 12.1 Å². The lowest BCUT2D eigenvalue weighted by molar-refractivity contribution is -0.123. The lowest BCUT2D eigenvalue weighted by Crippen LogP contribution is -2.24. The first-order chi connectivity index (χ1) is 14.9. The number of phenolic OH excluding ortho intramolecular Hbond substituents is 1. The van der Waals surface area contributed by atoms with Gasteiger partial charge in [0.05, 0.1) is 17.6 Å². The van der Waals surface area contributed by atoms with Gasteiger partial charge in [-0.1, -0.05) is 34.1 Å². The highest BCUT2D eigenvalue weighted by Crippen LogP contribution is 2.25. The number of carbonyl (C=O) groups excluding carboxylic acids is 1. The van der Waals surface area contributed by atoms with Crippen LogP contribution in [0.3, 0.4) is 0 Å². The Morgan fingerprint density at radius 2 is 1.81 bits per heavy atom. The summed E-state index contributed by atoms with van der Waals surface area (Å²) in [6.07, 6.45) is 1.34. The predicted octanol–water partition coefficient (Wildman–Crippen LogP) is 5.72. The van der Waals surface area contributed by atoms with Gasteiger partial charge in [-0.05, 0) is 67.4 Å². The highest BCUT2D eigenvalue weighted by atomic mass is 79.9. The minimum atomic E-state index is -0.415. The second-order valence-electron chi connectivity index (χ2n) is 6.70. The standard InChI is InChI=1S/C23H21BrN4O3/c1-15-5-3-8-22(16(15)2)31-14-23(30)28-25-13-17-11-20(9-10-21(17)29)27-26-19-7-4-6-18(24)12-19/h3-13,29H,14H2,1-2H3,(H,28,30)/b25-13+,27-26?. The van der Waals surface area contributed by atoms with Crippen molar-refractivity contribution in [3.63, 3.8) is 0 Å². The largest absolute Gasteiger partial charge is 0.507 e. The van der Waals surface area contributed by atoms with Gasteiger partial charge in [-0.3, -0.25) is 4.79 Å². The summed E-state index contributed by atoms with van der Waals surface area (Å²) >= 11 is 3.38. The van der Waals surface area contributed by atoms with Gasteiger partial charge in [0, 0.05) is 10.0 Å². The third-order valence-electron chi connectivity index (χ3n) is 4.41. The molecule has 0 unspecified atom stereocenters. The third-order valence-corrected chi connectivity index (χ3v) is 4.90. The molecule has 3 rings (SSSR count).